The predicted molar refractivity (Wildman–Crippen MR) is 217 cm³/mol. The highest BCUT2D eigenvalue weighted by Gasteiger charge is 2.33. The third kappa shape index (κ3) is 7.60. The van der Waals surface area contributed by atoms with E-state index in [1.807, 2.05) is 34.7 Å². The van der Waals surface area contributed by atoms with Crippen LogP contribution < -0.4 is 9.46 Å². The highest BCUT2D eigenvalue weighted by atomic mass is 32.2. The van der Waals surface area contributed by atoms with Gasteiger partial charge < -0.3 is 19.1 Å². The Morgan fingerprint density at radius 3 is 2.37 bits per heavy atom. The molecule has 0 atom stereocenters. The summed E-state index contributed by atoms with van der Waals surface area (Å²) >= 11 is 0. The molecule has 3 heterocycles. The zero-order valence-corrected chi connectivity index (χ0v) is 33.9. The van der Waals surface area contributed by atoms with Gasteiger partial charge >= 0.3 is 0 Å². The Balaban J connectivity index is 1.60. The van der Waals surface area contributed by atoms with Crippen LogP contribution in [0.1, 0.15) is 123 Å². The van der Waals surface area contributed by atoms with Gasteiger partial charge in [-0.15, -0.1) is 0 Å². The molecule has 2 amide bonds. The molecular formula is C42H56N6O5S. The zero-order valence-electron chi connectivity index (χ0n) is 33.1. The lowest BCUT2D eigenvalue weighted by molar-refractivity contribution is 0.0750. The Labute approximate surface area is 320 Å². The van der Waals surface area contributed by atoms with Crippen molar-refractivity contribution >= 4 is 44.4 Å². The number of carbonyl (C=O) groups is 2. The van der Waals surface area contributed by atoms with Crippen molar-refractivity contribution in [3.05, 3.63) is 70.5 Å². The van der Waals surface area contributed by atoms with Gasteiger partial charge in [-0.25, -0.2) is 13.1 Å². The van der Waals surface area contributed by atoms with Crippen molar-refractivity contribution in [2.45, 2.75) is 97.4 Å². The summed E-state index contributed by atoms with van der Waals surface area (Å²) in [6, 6.07) is 11.7. The highest BCUT2D eigenvalue weighted by Crippen LogP contribution is 2.48. The number of benzene rings is 2. The average Bonchev–Trinajstić information content (AvgIpc) is 3.69. The molecular weight excluding hydrogens is 701 g/mol. The van der Waals surface area contributed by atoms with Crippen molar-refractivity contribution in [1.82, 2.24) is 28.9 Å². The summed E-state index contributed by atoms with van der Waals surface area (Å²) in [5.74, 6) is 0.316. The minimum atomic E-state index is -3.84. The van der Waals surface area contributed by atoms with Crippen LogP contribution in [0.4, 0.5) is 0 Å². The maximum absolute atomic E-state index is 14.5. The third-order valence-electron chi connectivity index (χ3n) is 11.2. The number of fused-ring (bicyclic) bond motifs is 5. The number of rotatable bonds is 13. The number of hydrogen-bond acceptors (Lipinski definition) is 7. The molecule has 54 heavy (non-hydrogen) atoms. The van der Waals surface area contributed by atoms with Crippen molar-refractivity contribution in [3.63, 3.8) is 0 Å². The lowest BCUT2D eigenvalue weighted by Gasteiger charge is -2.25. The monoisotopic (exact) mass is 756 g/mol. The predicted octanol–water partition coefficient (Wildman–Crippen LogP) is 7.58. The molecule has 2 aromatic heterocycles. The second-order valence-corrected chi connectivity index (χ2v) is 17.5. The summed E-state index contributed by atoms with van der Waals surface area (Å²) in [6.45, 7) is 14.6. The first-order valence-electron chi connectivity index (χ1n) is 19.5. The lowest BCUT2D eigenvalue weighted by atomic mass is 9.81. The number of hydrogen-bond donors (Lipinski definition) is 1. The van der Waals surface area contributed by atoms with Crippen molar-refractivity contribution in [3.8, 4) is 17.0 Å². The van der Waals surface area contributed by atoms with Crippen molar-refractivity contribution in [2.75, 3.05) is 40.3 Å². The van der Waals surface area contributed by atoms with E-state index in [-0.39, 0.29) is 17.5 Å². The SMILES string of the molecule is CCN(C)CCN(CC)C(=O)c1cnn(C(C)C)c1C1=Cc2cc(OC)ccc2-c2c(C3CCCCC3)c3ccc(C(=O)NS(=O)(=O)C(C)C)cc3n2C1. The Hall–Kier alpha value is -4.42. The minimum absolute atomic E-state index is 0.0336. The zero-order chi connectivity index (χ0) is 38.9. The van der Waals surface area contributed by atoms with Gasteiger partial charge in [0.05, 0.1) is 42.1 Å². The largest absolute Gasteiger partial charge is 0.497 e. The quantitative estimate of drug-likeness (QED) is 0.150. The van der Waals surface area contributed by atoms with E-state index in [9.17, 15) is 18.0 Å². The molecule has 0 radical (unpaired) electrons. The van der Waals surface area contributed by atoms with E-state index in [1.165, 1.54) is 12.0 Å². The number of amides is 2. The fourth-order valence-electron chi connectivity index (χ4n) is 7.89. The Morgan fingerprint density at radius 1 is 0.981 bits per heavy atom. The first-order chi connectivity index (χ1) is 25.8. The van der Waals surface area contributed by atoms with E-state index in [1.54, 1.807) is 33.2 Å². The van der Waals surface area contributed by atoms with Crippen molar-refractivity contribution in [2.24, 2.45) is 0 Å². The topological polar surface area (TPSA) is 119 Å². The van der Waals surface area contributed by atoms with Gasteiger partial charge in [0.15, 0.2) is 0 Å². The maximum atomic E-state index is 14.5. The minimum Gasteiger partial charge on any atom is -0.497 e. The molecule has 11 nitrogen and oxygen atoms in total. The molecule has 0 saturated heterocycles. The molecule has 6 rings (SSSR count). The van der Waals surface area contributed by atoms with Gasteiger partial charge in [-0.1, -0.05) is 32.3 Å². The Bertz CT molecular complexity index is 2170. The number of aromatic nitrogens is 3. The molecule has 1 fully saturated rings. The Morgan fingerprint density at radius 2 is 1.72 bits per heavy atom. The number of carbonyl (C=O) groups excluding carboxylic acids is 2. The number of methoxy groups -OCH3 is 1. The van der Waals surface area contributed by atoms with Gasteiger partial charge in [-0.2, -0.15) is 5.10 Å². The Kier molecular flexibility index (Phi) is 11.7. The second-order valence-electron chi connectivity index (χ2n) is 15.3. The summed E-state index contributed by atoms with van der Waals surface area (Å²) in [4.78, 5) is 32.1. The van der Waals surface area contributed by atoms with Gasteiger partial charge in [-0.05, 0) is 120 Å². The lowest BCUT2D eigenvalue weighted by Crippen LogP contribution is -2.37. The summed E-state index contributed by atoms with van der Waals surface area (Å²) in [6.07, 6.45) is 9.49. The molecule has 4 aromatic rings. The molecule has 1 N–H and O–H groups in total. The summed E-state index contributed by atoms with van der Waals surface area (Å²) < 4.78 is 37.8. The number of sulfonamides is 1. The molecule has 0 unspecified atom stereocenters. The molecule has 290 valence electrons. The maximum Gasteiger partial charge on any atom is 0.264 e. The van der Waals surface area contributed by atoms with Gasteiger partial charge in [0.1, 0.15) is 5.75 Å². The van der Waals surface area contributed by atoms with Crippen LogP contribution in [0.5, 0.6) is 5.75 Å². The molecule has 1 aliphatic carbocycles. The fraction of sp³-hybridized carbons (Fsp3) is 0.500. The smallest absolute Gasteiger partial charge is 0.264 e. The van der Waals surface area contributed by atoms with E-state index in [4.69, 9.17) is 9.84 Å². The van der Waals surface area contributed by atoms with E-state index in [0.29, 0.717) is 31.1 Å². The summed E-state index contributed by atoms with van der Waals surface area (Å²) in [7, 11) is -0.117. The van der Waals surface area contributed by atoms with Crippen molar-refractivity contribution < 1.29 is 22.7 Å². The van der Waals surface area contributed by atoms with Crippen LogP contribution in [0.3, 0.4) is 0 Å². The first-order valence-corrected chi connectivity index (χ1v) is 21.0. The molecule has 2 aromatic carbocycles. The van der Waals surface area contributed by atoms with Crippen LogP contribution in [0.25, 0.3) is 33.8 Å². The molecule has 0 bridgehead atoms. The van der Waals surface area contributed by atoms with E-state index in [2.05, 4.69) is 60.2 Å². The number of ether oxygens (including phenoxy) is 1. The molecule has 1 aliphatic heterocycles. The van der Waals surface area contributed by atoms with Gasteiger partial charge in [0.25, 0.3) is 11.8 Å². The van der Waals surface area contributed by atoms with Crippen LogP contribution in [0, 0.1) is 0 Å². The molecule has 12 heteroatoms. The molecule has 0 spiro atoms. The summed E-state index contributed by atoms with van der Waals surface area (Å²) in [5, 5.41) is 5.11. The fourth-order valence-corrected chi connectivity index (χ4v) is 8.50. The molecule has 1 saturated carbocycles. The van der Waals surface area contributed by atoms with Gasteiger partial charge in [0.2, 0.25) is 10.0 Å². The second kappa shape index (κ2) is 16.1. The van der Waals surface area contributed by atoms with Crippen LogP contribution in [-0.4, -0.2) is 90.0 Å². The van der Waals surface area contributed by atoms with E-state index >= 15 is 0 Å². The van der Waals surface area contributed by atoms with E-state index in [0.717, 1.165) is 83.5 Å². The summed E-state index contributed by atoms with van der Waals surface area (Å²) in [5.41, 5.74) is 7.66. The average molecular weight is 757 g/mol. The van der Waals surface area contributed by atoms with Gasteiger partial charge in [0, 0.05) is 47.7 Å². The van der Waals surface area contributed by atoms with Crippen LogP contribution >= 0.6 is 0 Å². The first kappa shape index (κ1) is 39.3. The number of allylic oxidation sites excluding steroid dienone is 1. The van der Waals surface area contributed by atoms with Gasteiger partial charge in [-0.3, -0.25) is 14.3 Å². The number of nitrogens with one attached hydrogen (secondary N) is 1. The normalized spacial score (nSPS) is 15.0. The van der Waals surface area contributed by atoms with Crippen LogP contribution in [-0.2, 0) is 16.6 Å². The number of nitrogens with zero attached hydrogens (tertiary/aromatic N) is 5. The standard InChI is InChI=1S/C42H56N6O5S/c1-9-45(7)20-21-46(10-2)42(50)36-25-43-48(27(3)4)39(36)32-22-31-23-33(53-8)17-19-34(31)40-38(29-14-12-11-13-15-29)35-18-16-30(24-37(35)47(40)26-32)41(49)44-54(51,52)28(5)6/h16-19,22-25,27-29H,9-15,20-21,26H2,1-8H3,(H,44,49). The third-order valence-corrected chi connectivity index (χ3v) is 12.9. The molecule has 2 aliphatic rings. The van der Waals surface area contributed by atoms with E-state index < -0.39 is 21.2 Å². The highest BCUT2D eigenvalue weighted by molar-refractivity contribution is 7.90. The van der Waals surface area contributed by atoms with Crippen molar-refractivity contribution in [1.29, 1.82) is 0 Å². The number of likely N-dealkylation sites (N-methyl/N-ethyl adjacent to an activating group) is 2. The van der Waals surface area contributed by atoms with Crippen LogP contribution in [0.2, 0.25) is 0 Å². The van der Waals surface area contributed by atoms with Crippen LogP contribution in [0.15, 0.2) is 42.6 Å².